The average molecular weight is 329 g/mol. The quantitative estimate of drug-likeness (QED) is 0.581. The van der Waals surface area contributed by atoms with Gasteiger partial charge in [0.05, 0.1) is 13.7 Å². The number of halogens is 1. The molecule has 0 saturated heterocycles. The number of nitrogens with two attached hydrogens (primary N) is 1. The van der Waals surface area contributed by atoms with E-state index in [-0.39, 0.29) is 0 Å². The molecule has 1 aromatic heterocycles. The van der Waals surface area contributed by atoms with E-state index in [1.165, 1.54) is 0 Å². The predicted octanol–water partition coefficient (Wildman–Crippen LogP) is 1.12. The second kappa shape index (κ2) is 8.21. The fraction of sp³-hybridized carbons (Fsp3) is 0.462. The largest absolute Gasteiger partial charge is 0.496 e. The first-order valence-corrected chi connectivity index (χ1v) is 8.06. The first-order valence-electron chi connectivity index (χ1n) is 6.70. The number of aromatic nitrogens is 4. The van der Waals surface area contributed by atoms with Crippen LogP contribution in [-0.2, 0) is 13.6 Å². The van der Waals surface area contributed by atoms with Crippen molar-refractivity contribution < 1.29 is 10.1 Å². The predicted molar refractivity (Wildman–Crippen MR) is 82.6 cm³/mol. The molecule has 0 fully saturated rings. The van der Waals surface area contributed by atoms with E-state index in [4.69, 9.17) is 16.3 Å². The van der Waals surface area contributed by atoms with Crippen LogP contribution in [0, 0.1) is 0 Å². The van der Waals surface area contributed by atoms with Gasteiger partial charge in [0.1, 0.15) is 12.3 Å². The molecule has 2 aromatic rings. The second-order valence-corrected chi connectivity index (χ2v) is 6.02. The lowest BCUT2D eigenvalue weighted by Crippen LogP contribution is -2.82. The number of tetrazole rings is 1. The van der Waals surface area contributed by atoms with E-state index < -0.39 is 0 Å². The summed E-state index contributed by atoms with van der Waals surface area (Å²) in [5.41, 5.74) is 1.12. The zero-order valence-electron chi connectivity index (χ0n) is 12.1. The maximum Gasteiger partial charge on any atom is 0.209 e. The highest BCUT2D eigenvalue weighted by molar-refractivity contribution is 7.99. The van der Waals surface area contributed by atoms with Crippen LogP contribution in [0.15, 0.2) is 23.4 Å². The first kappa shape index (κ1) is 16.1. The van der Waals surface area contributed by atoms with Crippen molar-refractivity contribution in [3.05, 3.63) is 28.8 Å². The van der Waals surface area contributed by atoms with Gasteiger partial charge in [0, 0.05) is 29.8 Å². The van der Waals surface area contributed by atoms with Crippen LogP contribution < -0.4 is 10.1 Å². The van der Waals surface area contributed by atoms with Crippen LogP contribution in [0.4, 0.5) is 0 Å². The van der Waals surface area contributed by atoms with Gasteiger partial charge in [-0.1, -0.05) is 23.4 Å². The third-order valence-electron chi connectivity index (χ3n) is 2.97. The van der Waals surface area contributed by atoms with Crippen molar-refractivity contribution in [1.29, 1.82) is 0 Å². The summed E-state index contributed by atoms with van der Waals surface area (Å²) in [7, 11) is 3.53. The van der Waals surface area contributed by atoms with Gasteiger partial charge in [-0.05, 0) is 28.6 Å². The summed E-state index contributed by atoms with van der Waals surface area (Å²) in [6.07, 6.45) is 1.08. The third kappa shape index (κ3) is 4.87. The summed E-state index contributed by atoms with van der Waals surface area (Å²) in [6.45, 7) is 1.90. The number of hydrogen-bond acceptors (Lipinski definition) is 5. The molecule has 0 aliphatic carbocycles. The Balaban J connectivity index is 1.68. The molecular weight excluding hydrogens is 310 g/mol. The van der Waals surface area contributed by atoms with Gasteiger partial charge in [-0.2, -0.15) is 0 Å². The van der Waals surface area contributed by atoms with Gasteiger partial charge < -0.3 is 10.1 Å². The number of benzene rings is 1. The Morgan fingerprint density at radius 1 is 1.43 bits per heavy atom. The molecule has 2 rings (SSSR count). The van der Waals surface area contributed by atoms with Crippen molar-refractivity contribution in [3.8, 4) is 5.75 Å². The molecule has 21 heavy (non-hydrogen) atoms. The normalized spacial score (nSPS) is 10.8. The van der Waals surface area contributed by atoms with Gasteiger partial charge >= 0.3 is 0 Å². The van der Waals surface area contributed by atoms with E-state index in [2.05, 4.69) is 20.8 Å². The molecule has 0 spiro atoms. The van der Waals surface area contributed by atoms with Crippen LogP contribution in [-0.4, -0.2) is 39.6 Å². The first-order chi connectivity index (χ1) is 10.2. The number of quaternary nitrogens is 1. The second-order valence-electron chi connectivity index (χ2n) is 4.52. The van der Waals surface area contributed by atoms with Gasteiger partial charge in [0.2, 0.25) is 5.16 Å². The fourth-order valence-corrected chi connectivity index (χ4v) is 2.90. The van der Waals surface area contributed by atoms with Crippen LogP contribution in [0.25, 0.3) is 0 Å². The SMILES string of the molecule is COc1ccc(Cl)cc1C[NH2+]CCCSc1nnnn1C. The maximum atomic E-state index is 6.01. The molecule has 0 unspecified atom stereocenters. The van der Waals surface area contributed by atoms with Crippen molar-refractivity contribution in [1.82, 2.24) is 20.2 Å². The molecule has 6 nitrogen and oxygen atoms in total. The Morgan fingerprint density at radius 2 is 2.29 bits per heavy atom. The molecule has 0 radical (unpaired) electrons. The summed E-state index contributed by atoms with van der Waals surface area (Å²) in [5.74, 6) is 1.88. The monoisotopic (exact) mass is 328 g/mol. The van der Waals surface area contributed by atoms with Crippen molar-refractivity contribution in [2.24, 2.45) is 7.05 Å². The summed E-state index contributed by atoms with van der Waals surface area (Å²) in [5, 5.41) is 15.2. The minimum atomic E-state index is 0.740. The van der Waals surface area contributed by atoms with E-state index in [1.807, 2.05) is 25.2 Å². The zero-order chi connectivity index (χ0) is 15.1. The number of thioether (sulfide) groups is 1. The zero-order valence-corrected chi connectivity index (χ0v) is 13.7. The highest BCUT2D eigenvalue weighted by Crippen LogP contribution is 2.21. The molecule has 0 saturated carbocycles. The molecule has 0 atom stereocenters. The molecule has 0 aliphatic rings. The van der Waals surface area contributed by atoms with E-state index in [1.54, 1.807) is 23.6 Å². The number of hydrogen-bond donors (Lipinski definition) is 1. The van der Waals surface area contributed by atoms with Gasteiger partial charge in [-0.3, -0.25) is 0 Å². The standard InChI is InChI=1S/C13H18ClN5OS/c1-19-13(16-17-18-19)21-7-3-6-15-9-10-8-11(14)4-5-12(10)20-2/h4-5,8,15H,3,6-7,9H2,1-2H3/p+1. The Labute approximate surface area is 133 Å². The van der Waals surface area contributed by atoms with E-state index >= 15 is 0 Å². The molecule has 114 valence electrons. The maximum absolute atomic E-state index is 6.01. The molecule has 0 bridgehead atoms. The molecule has 0 aliphatic heterocycles. The highest BCUT2D eigenvalue weighted by atomic mass is 35.5. The Hall–Kier alpha value is -1.31. The number of nitrogens with zero attached hydrogens (tertiary/aromatic N) is 4. The minimum absolute atomic E-state index is 0.740. The smallest absolute Gasteiger partial charge is 0.209 e. The van der Waals surface area contributed by atoms with Crippen molar-refractivity contribution in [2.75, 3.05) is 19.4 Å². The summed E-state index contributed by atoms with van der Waals surface area (Å²) < 4.78 is 7.02. The topological polar surface area (TPSA) is 69.4 Å². The lowest BCUT2D eigenvalue weighted by molar-refractivity contribution is -0.670. The molecule has 8 heteroatoms. The van der Waals surface area contributed by atoms with E-state index in [9.17, 15) is 0 Å². The molecule has 1 heterocycles. The van der Waals surface area contributed by atoms with Gasteiger partial charge in [0.25, 0.3) is 0 Å². The van der Waals surface area contributed by atoms with E-state index in [0.29, 0.717) is 0 Å². The summed E-state index contributed by atoms with van der Waals surface area (Å²) in [4.78, 5) is 0. The van der Waals surface area contributed by atoms with Crippen LogP contribution >= 0.6 is 23.4 Å². The number of ether oxygens (including phenoxy) is 1. The lowest BCUT2D eigenvalue weighted by Gasteiger charge is -2.08. The molecule has 2 N–H and O–H groups in total. The number of rotatable bonds is 8. The van der Waals surface area contributed by atoms with Gasteiger partial charge in [-0.15, -0.1) is 5.10 Å². The van der Waals surface area contributed by atoms with Gasteiger partial charge in [0.15, 0.2) is 0 Å². The van der Waals surface area contributed by atoms with Gasteiger partial charge in [-0.25, -0.2) is 4.68 Å². The fourth-order valence-electron chi connectivity index (χ4n) is 1.90. The van der Waals surface area contributed by atoms with Crippen molar-refractivity contribution in [2.45, 2.75) is 18.1 Å². The molecular formula is C13H19ClN5OS+. The highest BCUT2D eigenvalue weighted by Gasteiger charge is 2.06. The number of methoxy groups -OCH3 is 1. The number of aryl methyl sites for hydroxylation is 1. The minimum Gasteiger partial charge on any atom is -0.496 e. The van der Waals surface area contributed by atoms with Crippen molar-refractivity contribution >= 4 is 23.4 Å². The van der Waals surface area contributed by atoms with Crippen LogP contribution in [0.5, 0.6) is 5.75 Å². The average Bonchev–Trinajstić information content (AvgIpc) is 2.88. The van der Waals surface area contributed by atoms with Crippen LogP contribution in [0.3, 0.4) is 0 Å². The third-order valence-corrected chi connectivity index (χ3v) is 4.30. The summed E-state index contributed by atoms with van der Waals surface area (Å²) in [6, 6.07) is 5.70. The Morgan fingerprint density at radius 3 is 3.00 bits per heavy atom. The van der Waals surface area contributed by atoms with Crippen molar-refractivity contribution in [3.63, 3.8) is 0 Å². The lowest BCUT2D eigenvalue weighted by atomic mass is 10.2. The molecule has 0 amide bonds. The molecule has 1 aromatic carbocycles. The Kier molecular flexibility index (Phi) is 6.28. The van der Waals surface area contributed by atoms with Crippen LogP contribution in [0.1, 0.15) is 12.0 Å². The van der Waals surface area contributed by atoms with E-state index in [0.717, 1.165) is 46.8 Å². The Bertz CT molecular complexity index is 577. The van der Waals surface area contributed by atoms with Crippen LogP contribution in [0.2, 0.25) is 5.02 Å². The summed E-state index contributed by atoms with van der Waals surface area (Å²) >= 11 is 7.69.